The van der Waals surface area contributed by atoms with E-state index in [-0.39, 0.29) is 11.1 Å². The summed E-state index contributed by atoms with van der Waals surface area (Å²) in [5, 5.41) is 3.83. The lowest BCUT2D eigenvalue weighted by molar-refractivity contribution is 0.102. The molecule has 4 N–H and O–H groups in total. The Bertz CT molecular complexity index is 821. The molecule has 0 saturated heterocycles. The molecular weight excluding hydrogens is 288 g/mol. The molecule has 6 heteroatoms. The van der Waals surface area contributed by atoms with Crippen LogP contribution in [0.2, 0.25) is 5.15 Å². The molecule has 0 atom stereocenters. The van der Waals surface area contributed by atoms with Crippen LogP contribution in [0.15, 0.2) is 36.7 Å². The summed E-state index contributed by atoms with van der Waals surface area (Å²) >= 11 is 6.02. The van der Waals surface area contributed by atoms with Gasteiger partial charge in [-0.3, -0.25) is 4.79 Å². The van der Waals surface area contributed by atoms with Crippen LogP contribution in [0, 0.1) is 6.92 Å². The lowest BCUT2D eigenvalue weighted by Gasteiger charge is -2.09. The number of pyridine rings is 1. The van der Waals surface area contributed by atoms with E-state index in [0.29, 0.717) is 16.9 Å². The number of hydrogen-bond donors (Lipinski definition) is 3. The van der Waals surface area contributed by atoms with Crippen LogP contribution in [-0.4, -0.2) is 15.9 Å². The Kier molecular flexibility index (Phi) is 3.27. The van der Waals surface area contributed by atoms with Gasteiger partial charge in [0.1, 0.15) is 0 Å². The Balaban J connectivity index is 2.00. The molecule has 0 aliphatic rings. The fraction of sp³-hybridized carbons (Fsp3) is 0.0667. The van der Waals surface area contributed by atoms with Crippen LogP contribution in [-0.2, 0) is 0 Å². The molecule has 3 rings (SSSR count). The van der Waals surface area contributed by atoms with Gasteiger partial charge in [0.05, 0.1) is 11.3 Å². The molecule has 1 amide bonds. The van der Waals surface area contributed by atoms with E-state index >= 15 is 0 Å². The fourth-order valence-electron chi connectivity index (χ4n) is 2.18. The number of carbonyl (C=O) groups is 1. The third kappa shape index (κ3) is 2.43. The number of anilines is 2. The van der Waals surface area contributed by atoms with Gasteiger partial charge in [0.25, 0.3) is 5.91 Å². The van der Waals surface area contributed by atoms with E-state index in [2.05, 4.69) is 15.3 Å². The van der Waals surface area contributed by atoms with Gasteiger partial charge in [0.2, 0.25) is 0 Å². The minimum absolute atomic E-state index is 0.259. The summed E-state index contributed by atoms with van der Waals surface area (Å²) in [6.07, 6.45) is 3.25. The van der Waals surface area contributed by atoms with Crippen LogP contribution >= 0.6 is 11.6 Å². The molecule has 0 unspecified atom stereocenters. The Hall–Kier alpha value is -2.53. The van der Waals surface area contributed by atoms with Gasteiger partial charge in [-0.2, -0.15) is 0 Å². The molecule has 0 spiro atoms. The number of aromatic nitrogens is 2. The summed E-state index contributed by atoms with van der Waals surface area (Å²) in [6.45, 7) is 1.86. The zero-order valence-electron chi connectivity index (χ0n) is 11.3. The lowest BCUT2D eigenvalue weighted by Crippen LogP contribution is -2.13. The van der Waals surface area contributed by atoms with Gasteiger partial charge in [0, 0.05) is 29.0 Å². The van der Waals surface area contributed by atoms with Crippen molar-refractivity contribution < 1.29 is 4.79 Å². The molecule has 0 fully saturated rings. The number of aromatic amines is 1. The average Bonchev–Trinajstić information content (AvgIpc) is 2.86. The maximum atomic E-state index is 12.4. The van der Waals surface area contributed by atoms with Crippen molar-refractivity contribution >= 4 is 39.8 Å². The van der Waals surface area contributed by atoms with E-state index in [1.807, 2.05) is 13.0 Å². The van der Waals surface area contributed by atoms with Crippen molar-refractivity contribution in [3.63, 3.8) is 0 Å². The Morgan fingerprint density at radius 1 is 1.38 bits per heavy atom. The molecule has 0 saturated carbocycles. The van der Waals surface area contributed by atoms with Crippen molar-refractivity contribution in [1.82, 2.24) is 9.97 Å². The van der Waals surface area contributed by atoms with Crippen LogP contribution in [0.5, 0.6) is 0 Å². The van der Waals surface area contributed by atoms with E-state index in [1.165, 1.54) is 0 Å². The van der Waals surface area contributed by atoms with E-state index in [0.717, 1.165) is 16.5 Å². The second-order valence-electron chi connectivity index (χ2n) is 4.76. The number of H-pyrrole nitrogens is 1. The predicted octanol–water partition coefficient (Wildman–Crippen LogP) is 3.36. The van der Waals surface area contributed by atoms with E-state index in [9.17, 15) is 4.79 Å². The molecule has 1 aromatic carbocycles. The molecule has 106 valence electrons. The smallest absolute Gasteiger partial charge is 0.257 e. The molecule has 21 heavy (non-hydrogen) atoms. The molecule has 2 aromatic heterocycles. The van der Waals surface area contributed by atoms with Gasteiger partial charge < -0.3 is 16.0 Å². The summed E-state index contributed by atoms with van der Waals surface area (Å²) in [6, 6.07) is 7.17. The first-order valence-corrected chi connectivity index (χ1v) is 6.73. The third-order valence-corrected chi connectivity index (χ3v) is 3.59. The average molecular weight is 301 g/mol. The number of benzene rings is 1. The van der Waals surface area contributed by atoms with Crippen molar-refractivity contribution in [2.75, 3.05) is 11.1 Å². The lowest BCUT2D eigenvalue weighted by atomic mass is 10.1. The highest BCUT2D eigenvalue weighted by Crippen LogP contribution is 2.26. The van der Waals surface area contributed by atoms with Gasteiger partial charge in [-0.1, -0.05) is 11.6 Å². The number of amides is 1. The molecule has 0 aliphatic carbocycles. The molecule has 5 nitrogen and oxygen atoms in total. The number of fused-ring (bicyclic) bond motifs is 1. The minimum atomic E-state index is -0.259. The topological polar surface area (TPSA) is 83.8 Å². The first-order chi connectivity index (χ1) is 10.1. The van der Waals surface area contributed by atoms with Crippen molar-refractivity contribution in [3.8, 4) is 0 Å². The SMILES string of the molecule is Cc1ccnc(Cl)c1NC(=O)c1c[nH]c2ccc(N)cc12. The summed E-state index contributed by atoms with van der Waals surface area (Å²) in [5.74, 6) is -0.259. The number of rotatable bonds is 2. The normalized spacial score (nSPS) is 10.8. The monoisotopic (exact) mass is 300 g/mol. The highest BCUT2D eigenvalue weighted by atomic mass is 35.5. The largest absolute Gasteiger partial charge is 0.399 e. The summed E-state index contributed by atoms with van der Waals surface area (Å²) in [7, 11) is 0. The molecular formula is C15H13ClN4O. The predicted molar refractivity (Wildman–Crippen MR) is 84.6 cm³/mol. The number of nitrogens with one attached hydrogen (secondary N) is 2. The van der Waals surface area contributed by atoms with Crippen LogP contribution < -0.4 is 11.1 Å². The number of halogens is 1. The van der Waals surface area contributed by atoms with Crippen LogP contribution in [0.25, 0.3) is 10.9 Å². The summed E-state index contributed by atoms with van der Waals surface area (Å²) < 4.78 is 0. The van der Waals surface area contributed by atoms with Gasteiger partial charge in [-0.25, -0.2) is 4.98 Å². The van der Waals surface area contributed by atoms with Crippen molar-refractivity contribution in [1.29, 1.82) is 0 Å². The third-order valence-electron chi connectivity index (χ3n) is 3.30. The Labute approximate surface area is 126 Å². The molecule has 3 aromatic rings. The van der Waals surface area contributed by atoms with Gasteiger partial charge in [-0.05, 0) is 36.8 Å². The van der Waals surface area contributed by atoms with Crippen molar-refractivity contribution in [3.05, 3.63) is 52.9 Å². The molecule has 2 heterocycles. The standard InChI is InChI=1S/C15H13ClN4O/c1-8-4-5-18-14(16)13(8)20-15(21)11-7-19-12-3-2-9(17)6-10(11)12/h2-7,19H,17H2,1H3,(H,20,21). The number of aryl methyl sites for hydroxylation is 1. The number of nitrogens with two attached hydrogens (primary N) is 1. The number of nitrogen functional groups attached to an aromatic ring is 1. The maximum absolute atomic E-state index is 12.4. The van der Waals surface area contributed by atoms with Crippen LogP contribution in [0.4, 0.5) is 11.4 Å². The fourth-order valence-corrected chi connectivity index (χ4v) is 2.43. The van der Waals surface area contributed by atoms with Gasteiger partial charge in [0.15, 0.2) is 5.15 Å². The van der Waals surface area contributed by atoms with Crippen molar-refractivity contribution in [2.45, 2.75) is 6.92 Å². The summed E-state index contributed by atoms with van der Waals surface area (Å²) in [4.78, 5) is 19.5. The van der Waals surface area contributed by atoms with E-state index in [4.69, 9.17) is 17.3 Å². The molecule has 0 aliphatic heterocycles. The first-order valence-electron chi connectivity index (χ1n) is 6.35. The quantitative estimate of drug-likeness (QED) is 0.501. The van der Waals surface area contributed by atoms with Crippen LogP contribution in [0.3, 0.4) is 0 Å². The van der Waals surface area contributed by atoms with E-state index < -0.39 is 0 Å². The van der Waals surface area contributed by atoms with Gasteiger partial charge in [-0.15, -0.1) is 0 Å². The highest BCUT2D eigenvalue weighted by Gasteiger charge is 2.15. The van der Waals surface area contributed by atoms with Gasteiger partial charge >= 0.3 is 0 Å². The highest BCUT2D eigenvalue weighted by molar-refractivity contribution is 6.33. The number of hydrogen-bond acceptors (Lipinski definition) is 3. The summed E-state index contributed by atoms with van der Waals surface area (Å²) in [5.41, 5.74) is 9.11. The van der Waals surface area contributed by atoms with Crippen LogP contribution in [0.1, 0.15) is 15.9 Å². The maximum Gasteiger partial charge on any atom is 0.257 e. The zero-order valence-corrected chi connectivity index (χ0v) is 12.0. The Morgan fingerprint density at radius 2 is 2.19 bits per heavy atom. The zero-order chi connectivity index (χ0) is 15.0. The second kappa shape index (κ2) is 5.10. The molecule has 0 radical (unpaired) electrons. The molecule has 0 bridgehead atoms. The number of carbonyl (C=O) groups excluding carboxylic acids is 1. The first kappa shape index (κ1) is 13.5. The Morgan fingerprint density at radius 3 is 2.95 bits per heavy atom. The second-order valence-corrected chi connectivity index (χ2v) is 5.11. The van der Waals surface area contributed by atoms with Crippen molar-refractivity contribution in [2.24, 2.45) is 0 Å². The number of nitrogens with zero attached hydrogens (tertiary/aromatic N) is 1. The van der Waals surface area contributed by atoms with E-state index in [1.54, 1.807) is 30.6 Å². The minimum Gasteiger partial charge on any atom is -0.399 e.